The van der Waals surface area contributed by atoms with Crippen LogP contribution in [-0.4, -0.2) is 16.7 Å². The first kappa shape index (κ1) is 17.2. The molecule has 2 atom stereocenters. The minimum Gasteiger partial charge on any atom is -0.491 e. The molecular weight excluding hydrogens is 373 g/mol. The second-order valence-corrected chi connectivity index (χ2v) is 7.36. The van der Waals surface area contributed by atoms with E-state index in [-0.39, 0.29) is 6.61 Å². The van der Waals surface area contributed by atoms with E-state index in [4.69, 9.17) is 16.3 Å². The molecule has 0 aliphatic carbocycles. The normalized spacial score (nSPS) is 18.0. The molecule has 2 unspecified atom stereocenters. The molecule has 1 aliphatic heterocycles. The summed E-state index contributed by atoms with van der Waals surface area (Å²) in [5.41, 5.74) is 1.74. The first-order valence-corrected chi connectivity index (χ1v) is 9.34. The lowest BCUT2D eigenvalue weighted by molar-refractivity contribution is 0.209. The zero-order valence-corrected chi connectivity index (χ0v) is 15.2. The topological polar surface area (TPSA) is 42.4 Å². The van der Waals surface area contributed by atoms with Crippen LogP contribution in [0.3, 0.4) is 0 Å². The molecule has 0 fully saturated rings. The molecule has 1 N–H and O–H groups in total. The largest absolute Gasteiger partial charge is 0.491 e. The highest BCUT2D eigenvalue weighted by Crippen LogP contribution is 2.46. The Hall–Kier alpha value is -2.21. The van der Waals surface area contributed by atoms with Crippen molar-refractivity contribution in [1.29, 1.82) is 0 Å². The molecule has 1 aliphatic rings. The molecule has 3 heterocycles. The van der Waals surface area contributed by atoms with Gasteiger partial charge in [-0.3, -0.25) is 4.98 Å². The van der Waals surface area contributed by atoms with Gasteiger partial charge in [0.15, 0.2) is 0 Å². The third-order valence-electron chi connectivity index (χ3n) is 4.41. The quantitative estimate of drug-likeness (QED) is 0.669. The highest BCUT2D eigenvalue weighted by molar-refractivity contribution is 7.11. The number of rotatable bonds is 4. The molecule has 26 heavy (non-hydrogen) atoms. The van der Waals surface area contributed by atoms with Gasteiger partial charge in [0.25, 0.3) is 0 Å². The van der Waals surface area contributed by atoms with Crippen LogP contribution in [0.15, 0.2) is 65.8 Å². The Labute approximate surface area is 159 Å². The molecule has 0 bridgehead atoms. The molecule has 2 aromatic heterocycles. The van der Waals surface area contributed by atoms with Crippen molar-refractivity contribution in [3.63, 3.8) is 0 Å². The van der Waals surface area contributed by atoms with Crippen molar-refractivity contribution in [2.75, 3.05) is 6.61 Å². The summed E-state index contributed by atoms with van der Waals surface area (Å²) in [6.07, 6.45) is 2.31. The average Bonchev–Trinajstić information content (AvgIpc) is 3.31. The van der Waals surface area contributed by atoms with Gasteiger partial charge >= 0.3 is 0 Å². The molecule has 0 spiro atoms. The Morgan fingerprint density at radius 2 is 2.15 bits per heavy atom. The lowest BCUT2D eigenvalue weighted by Gasteiger charge is -2.19. The summed E-state index contributed by atoms with van der Waals surface area (Å²) < 4.78 is 20.5. The SMILES string of the molecule is OC(C1=C(c2cccs2)OCC1c1ccc(Cl)cc1F)c1cccnc1. The maximum Gasteiger partial charge on any atom is 0.139 e. The highest BCUT2D eigenvalue weighted by atomic mass is 35.5. The van der Waals surface area contributed by atoms with Gasteiger partial charge in [-0.05, 0) is 35.2 Å². The fourth-order valence-electron chi connectivity index (χ4n) is 3.19. The number of thiophene rings is 1. The number of aromatic nitrogens is 1. The van der Waals surface area contributed by atoms with Crippen LogP contribution in [0, 0.1) is 5.82 Å². The van der Waals surface area contributed by atoms with Gasteiger partial charge in [0.05, 0.1) is 11.5 Å². The van der Waals surface area contributed by atoms with Crippen LogP contribution in [0.2, 0.25) is 5.02 Å². The molecule has 0 saturated heterocycles. The number of halogens is 2. The van der Waals surface area contributed by atoms with Crippen LogP contribution in [0.5, 0.6) is 0 Å². The molecule has 132 valence electrons. The number of benzene rings is 1. The summed E-state index contributed by atoms with van der Waals surface area (Å²) in [6, 6.07) is 12.0. The minimum absolute atomic E-state index is 0.262. The van der Waals surface area contributed by atoms with Crippen molar-refractivity contribution in [2.24, 2.45) is 0 Å². The summed E-state index contributed by atoms with van der Waals surface area (Å²) in [6.45, 7) is 0.262. The summed E-state index contributed by atoms with van der Waals surface area (Å²) in [5, 5.41) is 13.3. The summed E-state index contributed by atoms with van der Waals surface area (Å²) in [5.74, 6) is -0.204. The number of pyridine rings is 1. The predicted molar refractivity (Wildman–Crippen MR) is 101 cm³/mol. The number of ether oxygens (including phenoxy) is 1. The summed E-state index contributed by atoms with van der Waals surface area (Å²) in [4.78, 5) is 4.98. The zero-order valence-electron chi connectivity index (χ0n) is 13.6. The van der Waals surface area contributed by atoms with Crippen molar-refractivity contribution in [3.8, 4) is 0 Å². The molecule has 0 amide bonds. The van der Waals surface area contributed by atoms with Gasteiger partial charge in [-0.2, -0.15) is 0 Å². The van der Waals surface area contributed by atoms with Gasteiger partial charge in [0, 0.05) is 34.5 Å². The lowest BCUT2D eigenvalue weighted by Crippen LogP contribution is -2.12. The molecule has 0 radical (unpaired) electrons. The summed E-state index contributed by atoms with van der Waals surface area (Å²) >= 11 is 7.41. The van der Waals surface area contributed by atoms with E-state index >= 15 is 0 Å². The molecule has 1 aromatic carbocycles. The fraction of sp³-hybridized carbons (Fsp3) is 0.150. The number of hydrogen-bond acceptors (Lipinski definition) is 4. The van der Waals surface area contributed by atoms with Crippen LogP contribution in [-0.2, 0) is 4.74 Å². The summed E-state index contributed by atoms with van der Waals surface area (Å²) in [7, 11) is 0. The zero-order chi connectivity index (χ0) is 18.1. The van der Waals surface area contributed by atoms with Crippen molar-refractivity contribution in [2.45, 2.75) is 12.0 Å². The smallest absolute Gasteiger partial charge is 0.139 e. The third-order valence-corrected chi connectivity index (χ3v) is 5.51. The molecule has 3 nitrogen and oxygen atoms in total. The standard InChI is InChI=1S/C20H15ClFNO2S/c21-13-5-6-14(16(22)9-13)15-11-25-20(17-4-2-8-26-17)18(15)19(24)12-3-1-7-23-10-12/h1-10,15,19,24H,11H2. The second kappa shape index (κ2) is 7.19. The first-order chi connectivity index (χ1) is 12.6. The van der Waals surface area contributed by atoms with Crippen molar-refractivity contribution < 1.29 is 14.2 Å². The number of aliphatic hydroxyl groups excluding tert-OH is 1. The lowest BCUT2D eigenvalue weighted by atomic mass is 9.86. The van der Waals surface area contributed by atoms with E-state index in [1.807, 2.05) is 17.5 Å². The first-order valence-electron chi connectivity index (χ1n) is 8.09. The van der Waals surface area contributed by atoms with E-state index < -0.39 is 17.8 Å². The number of aliphatic hydroxyl groups is 1. The molecule has 6 heteroatoms. The van der Waals surface area contributed by atoms with Crippen molar-refractivity contribution in [3.05, 3.63) is 92.7 Å². The van der Waals surface area contributed by atoms with E-state index in [2.05, 4.69) is 4.98 Å². The van der Waals surface area contributed by atoms with E-state index in [0.717, 1.165) is 4.88 Å². The van der Waals surface area contributed by atoms with Gasteiger partial charge in [-0.1, -0.05) is 29.8 Å². The second-order valence-electron chi connectivity index (χ2n) is 5.98. The van der Waals surface area contributed by atoms with Crippen molar-refractivity contribution in [1.82, 2.24) is 4.98 Å². The monoisotopic (exact) mass is 387 g/mol. The molecule has 3 aromatic rings. The van der Waals surface area contributed by atoms with Crippen LogP contribution >= 0.6 is 22.9 Å². The predicted octanol–water partition coefficient (Wildman–Crippen LogP) is 5.19. The maximum atomic E-state index is 14.6. The Balaban J connectivity index is 1.84. The van der Waals surface area contributed by atoms with Gasteiger partial charge < -0.3 is 9.84 Å². The number of nitrogens with zero attached hydrogens (tertiary/aromatic N) is 1. The Morgan fingerprint density at radius 1 is 1.27 bits per heavy atom. The maximum absolute atomic E-state index is 14.6. The Bertz CT molecular complexity index is 944. The Kier molecular flexibility index (Phi) is 4.76. The molecular formula is C20H15ClFNO2S. The fourth-order valence-corrected chi connectivity index (χ4v) is 4.10. The minimum atomic E-state index is -0.941. The van der Waals surface area contributed by atoms with Crippen LogP contribution in [0.25, 0.3) is 5.76 Å². The van der Waals surface area contributed by atoms with Crippen LogP contribution < -0.4 is 0 Å². The van der Waals surface area contributed by atoms with E-state index in [1.165, 1.54) is 17.4 Å². The highest BCUT2D eigenvalue weighted by Gasteiger charge is 2.36. The molecule has 0 saturated carbocycles. The van der Waals surface area contributed by atoms with E-state index in [9.17, 15) is 9.50 Å². The average molecular weight is 388 g/mol. The van der Waals surface area contributed by atoms with E-state index in [1.54, 1.807) is 36.7 Å². The van der Waals surface area contributed by atoms with Crippen molar-refractivity contribution >= 4 is 28.7 Å². The van der Waals surface area contributed by atoms with E-state index in [0.29, 0.717) is 27.5 Å². The number of hydrogen-bond donors (Lipinski definition) is 1. The van der Waals surface area contributed by atoms with Gasteiger partial charge in [-0.25, -0.2) is 4.39 Å². The molecule has 4 rings (SSSR count). The third kappa shape index (κ3) is 3.14. The van der Waals surface area contributed by atoms with Crippen LogP contribution in [0.1, 0.15) is 28.0 Å². The van der Waals surface area contributed by atoms with Gasteiger partial charge in [0.2, 0.25) is 0 Å². The Morgan fingerprint density at radius 3 is 2.85 bits per heavy atom. The van der Waals surface area contributed by atoms with Gasteiger partial charge in [-0.15, -0.1) is 11.3 Å². The van der Waals surface area contributed by atoms with Gasteiger partial charge in [0.1, 0.15) is 17.7 Å². The van der Waals surface area contributed by atoms with Crippen LogP contribution in [0.4, 0.5) is 4.39 Å².